The summed E-state index contributed by atoms with van der Waals surface area (Å²) in [5.74, 6) is -3.07. The lowest BCUT2D eigenvalue weighted by Crippen LogP contribution is -2.35. The molecule has 0 spiro atoms. The maximum absolute atomic E-state index is 12.8. The fourth-order valence-electron chi connectivity index (χ4n) is 8.08. The van der Waals surface area contributed by atoms with Crippen molar-refractivity contribution in [1.82, 2.24) is 4.98 Å². The predicted molar refractivity (Wildman–Crippen MR) is 339 cm³/mol. The Balaban J connectivity index is 2.33. The van der Waals surface area contributed by atoms with Gasteiger partial charge in [-0.25, -0.2) is 9.79 Å². The molecule has 0 amide bonds. The molecule has 86 heavy (non-hydrogen) atoms. The highest BCUT2D eigenvalue weighted by atomic mass is 16.4. The molecular weight excluding hydrogens is 1100 g/mol. The first-order chi connectivity index (χ1) is 41.0. The first-order valence-corrected chi connectivity index (χ1v) is 29.4. The van der Waals surface area contributed by atoms with Gasteiger partial charge in [0, 0.05) is 55.3 Å². The quantitative estimate of drug-likeness (QED) is 0.00888. The summed E-state index contributed by atoms with van der Waals surface area (Å²) in [4.78, 5) is 35.9. The van der Waals surface area contributed by atoms with Crippen LogP contribution in [-0.2, 0) is 9.59 Å². The molecular formula is C67H98N4O15. The number of aliphatic imine (C=N–C) groups is 2. The van der Waals surface area contributed by atoms with Crippen molar-refractivity contribution in [1.29, 1.82) is 0 Å². The molecule has 0 fully saturated rings. The highest BCUT2D eigenvalue weighted by Crippen LogP contribution is 2.20. The largest absolute Gasteiger partial charge is 0.478 e. The number of carboxylic acids is 1. The number of unbranched alkanes of at least 4 members (excludes halogenated alkanes) is 1. The van der Waals surface area contributed by atoms with E-state index in [9.17, 15) is 70.9 Å². The fourth-order valence-corrected chi connectivity index (χ4v) is 8.08. The maximum Gasteiger partial charge on any atom is 0.331 e. The third-order valence-corrected chi connectivity index (χ3v) is 13.4. The number of carbonyl (C=O) groups is 2. The lowest BCUT2D eigenvalue weighted by atomic mass is 9.88. The van der Waals surface area contributed by atoms with E-state index >= 15 is 0 Å². The van der Waals surface area contributed by atoms with E-state index < -0.39 is 96.8 Å². The molecule has 0 bridgehead atoms. The van der Waals surface area contributed by atoms with Crippen LogP contribution in [0.3, 0.4) is 0 Å². The van der Waals surface area contributed by atoms with Crippen LogP contribution in [0.1, 0.15) is 110 Å². The number of hydrogen-bond acceptors (Lipinski definition) is 16. The zero-order valence-corrected chi connectivity index (χ0v) is 50.2. The molecule has 0 aliphatic rings. The molecule has 19 nitrogen and oxygen atoms in total. The second kappa shape index (κ2) is 47.7. The van der Waals surface area contributed by atoms with Crippen molar-refractivity contribution in [2.75, 3.05) is 6.54 Å². The number of Topliss-reactive ketones (excluding diaryl/α,β-unsaturated/α-hetero) is 1. The van der Waals surface area contributed by atoms with Gasteiger partial charge in [-0.1, -0.05) is 179 Å². The summed E-state index contributed by atoms with van der Waals surface area (Å²) in [5, 5.41) is 134. The number of aliphatic hydroxyl groups excluding tert-OH is 12. The highest BCUT2D eigenvalue weighted by Gasteiger charge is 2.28. The Bertz CT molecular complexity index is 2490. The minimum atomic E-state index is -1.57. The number of aliphatic carboxylic acids is 1. The zero-order valence-electron chi connectivity index (χ0n) is 50.2. The average molecular weight is 1200 g/mol. The number of allylic oxidation sites excluding steroid dienone is 16. The van der Waals surface area contributed by atoms with E-state index in [1.807, 2.05) is 37.3 Å². The third-order valence-electron chi connectivity index (χ3n) is 13.4. The lowest BCUT2D eigenvalue weighted by Gasteiger charge is -2.25. The van der Waals surface area contributed by atoms with Crippen LogP contribution in [-0.4, -0.2) is 175 Å². The highest BCUT2D eigenvalue weighted by molar-refractivity contribution is 5.91. The second-order valence-corrected chi connectivity index (χ2v) is 21.2. The van der Waals surface area contributed by atoms with Crippen molar-refractivity contribution in [3.05, 3.63) is 188 Å². The molecule has 1 rings (SSSR count). The van der Waals surface area contributed by atoms with Gasteiger partial charge in [-0.3, -0.25) is 14.8 Å². The number of hydrogen-bond donors (Lipinski definition) is 14. The maximum atomic E-state index is 12.8. The monoisotopic (exact) mass is 1200 g/mol. The number of aliphatic hydroxyl groups is 12. The molecule has 15 unspecified atom stereocenters. The molecule has 15 atom stereocenters. The number of guanidine groups is 1. The van der Waals surface area contributed by atoms with Crippen molar-refractivity contribution in [3.63, 3.8) is 0 Å². The molecule has 19 heteroatoms. The molecule has 1 heterocycles. The first kappa shape index (κ1) is 77.6. The smallest absolute Gasteiger partial charge is 0.331 e. The number of pyridine rings is 1. The molecule has 1 aromatic heterocycles. The SMILES string of the molecule is C\C(=C/C=C/C=C/CC/C=C/C(C)C(O)C(C)C(O)/C=C/C=C/C=C/C=C/C=C/C=C\C(O)C(C)C(=O)C(O)CC(O)/C=C/CC(O)CC(O)CC(O)/C=C/CC(O)CC(O)/C=C/CC(O)CC(O)CCCN=C(N)/N=C/c1ccccn1)C(=O)O. The molecule has 476 valence electrons. The molecule has 0 aliphatic heterocycles. The van der Waals surface area contributed by atoms with E-state index in [0.717, 1.165) is 12.8 Å². The Kier molecular flexibility index (Phi) is 43.0. The van der Waals surface area contributed by atoms with E-state index in [4.69, 9.17) is 10.8 Å². The van der Waals surface area contributed by atoms with Gasteiger partial charge >= 0.3 is 5.97 Å². The summed E-state index contributed by atoms with van der Waals surface area (Å²) >= 11 is 0. The minimum Gasteiger partial charge on any atom is -0.478 e. The molecule has 0 radical (unpaired) electrons. The van der Waals surface area contributed by atoms with E-state index in [1.165, 1.54) is 62.6 Å². The number of carbonyl (C=O) groups excluding carboxylic acids is 1. The minimum absolute atomic E-state index is 0.0112. The fraction of sp³-hybridized carbons (Fsp3) is 0.478. The van der Waals surface area contributed by atoms with Crippen molar-refractivity contribution in [2.45, 2.75) is 178 Å². The number of ketones is 1. The topological polar surface area (TPSA) is 361 Å². The first-order valence-electron chi connectivity index (χ1n) is 29.4. The van der Waals surface area contributed by atoms with E-state index in [0.29, 0.717) is 25.1 Å². The number of nitrogens with zero attached hydrogens (tertiary/aromatic N) is 3. The zero-order chi connectivity index (χ0) is 64.1. The van der Waals surface area contributed by atoms with Crippen molar-refractivity contribution < 1.29 is 76.0 Å². The van der Waals surface area contributed by atoms with Crippen LogP contribution < -0.4 is 5.73 Å². The number of rotatable bonds is 44. The second-order valence-electron chi connectivity index (χ2n) is 21.2. The van der Waals surface area contributed by atoms with Crippen LogP contribution in [0.25, 0.3) is 0 Å². The Hall–Kier alpha value is -6.43. The van der Waals surface area contributed by atoms with Gasteiger partial charge in [0.15, 0.2) is 5.78 Å². The van der Waals surface area contributed by atoms with Crippen molar-refractivity contribution in [2.24, 2.45) is 33.5 Å². The van der Waals surface area contributed by atoms with Gasteiger partial charge in [0.25, 0.3) is 0 Å². The molecule has 0 aliphatic carbocycles. The average Bonchev–Trinajstić information content (AvgIpc) is 3.55. The Morgan fingerprint density at radius 2 is 1.06 bits per heavy atom. The summed E-state index contributed by atoms with van der Waals surface area (Å²) in [7, 11) is 0. The van der Waals surface area contributed by atoms with Gasteiger partial charge in [-0.2, -0.15) is 0 Å². The third kappa shape index (κ3) is 40.0. The van der Waals surface area contributed by atoms with Crippen LogP contribution in [0.5, 0.6) is 0 Å². The molecule has 15 N–H and O–H groups in total. The molecule has 0 saturated heterocycles. The summed E-state index contributed by atoms with van der Waals surface area (Å²) in [6, 6.07) is 5.39. The number of nitrogens with two attached hydrogens (primary N) is 1. The van der Waals surface area contributed by atoms with Gasteiger partial charge in [-0.15, -0.1) is 0 Å². The number of carboxylic acid groups (broad SMARTS) is 1. The van der Waals surface area contributed by atoms with Crippen LogP contribution in [0.2, 0.25) is 0 Å². The Labute approximate surface area is 508 Å². The van der Waals surface area contributed by atoms with Gasteiger partial charge in [0.05, 0.1) is 79.1 Å². The summed E-state index contributed by atoms with van der Waals surface area (Å²) in [5.41, 5.74) is 6.69. The van der Waals surface area contributed by atoms with Gasteiger partial charge < -0.3 is 72.1 Å². The van der Waals surface area contributed by atoms with Crippen molar-refractivity contribution >= 4 is 23.9 Å². The molecule has 1 aromatic rings. The van der Waals surface area contributed by atoms with Gasteiger partial charge in [0.2, 0.25) is 5.96 Å². The van der Waals surface area contributed by atoms with Crippen LogP contribution >= 0.6 is 0 Å². The van der Waals surface area contributed by atoms with Gasteiger partial charge in [-0.05, 0) is 76.8 Å². The summed E-state index contributed by atoms with van der Waals surface area (Å²) in [6.45, 7) is 7.02. The van der Waals surface area contributed by atoms with Crippen LogP contribution in [0.15, 0.2) is 192 Å². The van der Waals surface area contributed by atoms with E-state index in [-0.39, 0.29) is 68.8 Å². The predicted octanol–water partition coefficient (Wildman–Crippen LogP) is 6.01. The Morgan fingerprint density at radius 1 is 0.558 bits per heavy atom. The van der Waals surface area contributed by atoms with Crippen LogP contribution in [0.4, 0.5) is 0 Å². The lowest BCUT2D eigenvalue weighted by molar-refractivity contribution is -0.134. The number of aromatic nitrogens is 1. The normalized spacial score (nSPS) is 19.0. The summed E-state index contributed by atoms with van der Waals surface area (Å²) < 4.78 is 0. The Morgan fingerprint density at radius 3 is 1.62 bits per heavy atom. The van der Waals surface area contributed by atoms with Crippen molar-refractivity contribution in [3.8, 4) is 0 Å². The molecule has 0 aromatic carbocycles. The van der Waals surface area contributed by atoms with E-state index in [2.05, 4.69) is 15.0 Å². The summed E-state index contributed by atoms with van der Waals surface area (Å²) in [6.07, 6.45) is 34.8. The standard InChI is InChI=1S/C67H98N4O15/c1-48(28-18-14-10-9-11-15-19-29-49(2)66(85)86)64(83)50(3)61(80)38-20-16-12-7-5-6-8-13-17-21-39-62(81)51(4)65(84)63(82)46-59(78)36-26-35-57(76)45-60(79)44-56(75)34-25-33-54(73)42-53(72)31-24-32-55(74)43-58(77)37-27-41-70-67(68)71-47-52-30-22-23-40-69-52/h5-9,11-13,15-26,28-31,34,36,38-40,47-48,50-51,53-64,72-83H,10,14,27,32-33,35,37,41-46H2,1-4H3,(H2,68,70)(H,85,86)/b7-5+,8-6+,11-9+,16-12+,17-13+,19-15+,28-18+,31-24+,34-25+,36-26+,38-20+,39-21-,49-29+,71-47+. The van der Waals surface area contributed by atoms with Crippen LogP contribution in [0, 0.1) is 17.8 Å². The molecule has 0 saturated carbocycles. The van der Waals surface area contributed by atoms with E-state index in [1.54, 1.807) is 110 Å². The van der Waals surface area contributed by atoms with Gasteiger partial charge in [0.1, 0.15) is 6.10 Å².